The number of aliphatic carboxylic acids is 1. The zero-order chi connectivity index (χ0) is 19.4. The van der Waals surface area contributed by atoms with Crippen molar-refractivity contribution in [2.24, 2.45) is 5.41 Å². The molecule has 1 aliphatic carbocycles. The molecule has 0 spiro atoms. The van der Waals surface area contributed by atoms with E-state index in [4.69, 9.17) is 14.2 Å². The molecule has 0 aromatic heterocycles. The molecular formula is C20H27NO6. The van der Waals surface area contributed by atoms with Gasteiger partial charge in [0, 0.05) is 32.4 Å². The van der Waals surface area contributed by atoms with Crippen LogP contribution in [-0.2, 0) is 9.59 Å². The Morgan fingerprint density at radius 2 is 1.74 bits per heavy atom. The molecule has 27 heavy (non-hydrogen) atoms. The molecule has 1 saturated carbocycles. The lowest BCUT2D eigenvalue weighted by Crippen LogP contribution is -2.47. The predicted octanol–water partition coefficient (Wildman–Crippen LogP) is 2.72. The number of carbonyl (C=O) groups is 2. The summed E-state index contributed by atoms with van der Waals surface area (Å²) in [6.07, 6.45) is 3.52. The van der Waals surface area contributed by atoms with Gasteiger partial charge in [0.05, 0.1) is 19.6 Å². The molecule has 0 bridgehead atoms. The minimum Gasteiger partial charge on any atom is -0.493 e. The van der Waals surface area contributed by atoms with Gasteiger partial charge in [-0.1, -0.05) is 12.5 Å². The Hall–Kier alpha value is -2.44. The summed E-state index contributed by atoms with van der Waals surface area (Å²) in [5.41, 5.74) is -0.838. The van der Waals surface area contributed by atoms with Crippen LogP contribution in [0.25, 0.3) is 0 Å². The molecule has 1 amide bonds. The number of hydrogen-bond acceptors (Lipinski definition) is 5. The molecule has 7 nitrogen and oxygen atoms in total. The third-order valence-electron chi connectivity index (χ3n) is 5.72. The fourth-order valence-electron chi connectivity index (χ4n) is 3.79. The van der Waals surface area contributed by atoms with E-state index in [-0.39, 0.29) is 18.4 Å². The summed E-state index contributed by atoms with van der Waals surface area (Å²) in [4.78, 5) is 25.8. The fraction of sp³-hybridized carbons (Fsp3) is 0.600. The Morgan fingerprint density at radius 1 is 1.15 bits per heavy atom. The van der Waals surface area contributed by atoms with E-state index in [0.717, 1.165) is 6.42 Å². The van der Waals surface area contributed by atoms with Crippen molar-refractivity contribution in [3.63, 3.8) is 0 Å². The Kier molecular flexibility index (Phi) is 5.77. The average Bonchev–Trinajstić information content (AvgIpc) is 2.64. The van der Waals surface area contributed by atoms with Crippen molar-refractivity contribution in [3.05, 3.63) is 18.2 Å². The van der Waals surface area contributed by atoms with E-state index in [1.165, 1.54) is 0 Å². The van der Waals surface area contributed by atoms with Crippen molar-refractivity contribution >= 4 is 11.9 Å². The summed E-state index contributed by atoms with van der Waals surface area (Å²) in [5, 5.41) is 9.42. The van der Waals surface area contributed by atoms with Crippen LogP contribution in [0.5, 0.6) is 17.2 Å². The standard InChI is InChI=1S/C20H27NO6/c1-25-15-5-3-6-16(26-2)18(15)27-14-7-11-21(12-8-14)17(22)13-20(19(23)24)9-4-10-20/h3,5-6,14H,4,7-13H2,1-2H3,(H,23,24). The normalized spacial score (nSPS) is 19.1. The molecule has 1 saturated heterocycles. The van der Waals surface area contributed by atoms with Crippen molar-refractivity contribution in [2.45, 2.75) is 44.6 Å². The van der Waals surface area contributed by atoms with Crippen molar-refractivity contribution in [2.75, 3.05) is 27.3 Å². The smallest absolute Gasteiger partial charge is 0.310 e. The maximum Gasteiger partial charge on any atom is 0.310 e. The molecule has 3 rings (SSSR count). The number of ether oxygens (including phenoxy) is 3. The van der Waals surface area contributed by atoms with E-state index in [2.05, 4.69) is 0 Å². The van der Waals surface area contributed by atoms with E-state index in [1.807, 2.05) is 18.2 Å². The quantitative estimate of drug-likeness (QED) is 0.786. The third-order valence-corrected chi connectivity index (χ3v) is 5.72. The van der Waals surface area contributed by atoms with Gasteiger partial charge in [-0.05, 0) is 25.0 Å². The largest absolute Gasteiger partial charge is 0.493 e. The second-order valence-corrected chi connectivity index (χ2v) is 7.31. The van der Waals surface area contributed by atoms with Crippen LogP contribution < -0.4 is 14.2 Å². The number of amides is 1. The molecule has 1 aromatic carbocycles. The highest BCUT2D eigenvalue weighted by atomic mass is 16.5. The van der Waals surface area contributed by atoms with Gasteiger partial charge in [-0.3, -0.25) is 9.59 Å². The first kappa shape index (κ1) is 19.3. The monoisotopic (exact) mass is 377 g/mol. The highest BCUT2D eigenvalue weighted by Crippen LogP contribution is 2.45. The number of carboxylic acid groups (broad SMARTS) is 1. The fourth-order valence-corrected chi connectivity index (χ4v) is 3.79. The molecule has 148 valence electrons. The number of likely N-dealkylation sites (tertiary alicyclic amines) is 1. The Bertz CT molecular complexity index is 669. The van der Waals surface area contributed by atoms with Crippen molar-refractivity contribution < 1.29 is 28.9 Å². The molecule has 1 aromatic rings. The summed E-state index contributed by atoms with van der Waals surface area (Å²) in [6.45, 7) is 1.13. The number of carbonyl (C=O) groups excluding carboxylic acids is 1. The number of nitrogens with zero attached hydrogens (tertiary/aromatic N) is 1. The van der Waals surface area contributed by atoms with Gasteiger partial charge in [0.25, 0.3) is 0 Å². The molecule has 1 aliphatic heterocycles. The van der Waals surface area contributed by atoms with Gasteiger partial charge in [0.2, 0.25) is 11.7 Å². The summed E-state index contributed by atoms with van der Waals surface area (Å²) < 4.78 is 16.8. The highest BCUT2D eigenvalue weighted by molar-refractivity contribution is 5.85. The summed E-state index contributed by atoms with van der Waals surface area (Å²) in [7, 11) is 3.17. The highest BCUT2D eigenvalue weighted by Gasteiger charge is 2.46. The number of benzene rings is 1. The second kappa shape index (κ2) is 8.06. The van der Waals surface area contributed by atoms with Crippen molar-refractivity contribution in [3.8, 4) is 17.2 Å². The number of carboxylic acids is 1. The van der Waals surface area contributed by atoms with Crippen LogP contribution in [-0.4, -0.2) is 55.3 Å². The van der Waals surface area contributed by atoms with Crippen LogP contribution in [0.1, 0.15) is 38.5 Å². The van der Waals surface area contributed by atoms with Gasteiger partial charge in [0.15, 0.2) is 11.5 Å². The average molecular weight is 377 g/mol. The van der Waals surface area contributed by atoms with Gasteiger partial charge in [-0.2, -0.15) is 0 Å². The van der Waals surface area contributed by atoms with Crippen LogP contribution in [0, 0.1) is 5.41 Å². The van der Waals surface area contributed by atoms with E-state index in [9.17, 15) is 14.7 Å². The molecule has 2 aliphatic rings. The molecule has 0 unspecified atom stereocenters. The zero-order valence-electron chi connectivity index (χ0n) is 15.9. The number of rotatable bonds is 7. The minimum atomic E-state index is -0.844. The van der Waals surface area contributed by atoms with Gasteiger partial charge in [0.1, 0.15) is 6.10 Å². The molecule has 0 radical (unpaired) electrons. The number of methoxy groups -OCH3 is 2. The molecule has 0 atom stereocenters. The predicted molar refractivity (Wildman–Crippen MR) is 98.3 cm³/mol. The molecule has 1 heterocycles. The Morgan fingerprint density at radius 3 is 2.19 bits per heavy atom. The number of piperidine rings is 1. The van der Waals surface area contributed by atoms with Crippen molar-refractivity contribution in [1.82, 2.24) is 4.90 Å². The lowest BCUT2D eigenvalue weighted by molar-refractivity contribution is -0.160. The van der Waals surface area contributed by atoms with Crippen LogP contribution in [0.15, 0.2) is 18.2 Å². The first-order chi connectivity index (χ1) is 13.0. The number of hydrogen-bond donors (Lipinski definition) is 1. The van der Waals surface area contributed by atoms with Gasteiger partial charge in [-0.25, -0.2) is 0 Å². The van der Waals surface area contributed by atoms with Crippen molar-refractivity contribution in [1.29, 1.82) is 0 Å². The molecule has 7 heteroatoms. The lowest BCUT2D eigenvalue weighted by atomic mass is 9.66. The maximum absolute atomic E-state index is 12.6. The van der Waals surface area contributed by atoms with E-state index < -0.39 is 11.4 Å². The first-order valence-corrected chi connectivity index (χ1v) is 9.38. The van der Waals surface area contributed by atoms with Crippen LogP contribution in [0.3, 0.4) is 0 Å². The van der Waals surface area contributed by atoms with Crippen LogP contribution >= 0.6 is 0 Å². The molecule has 2 fully saturated rings. The second-order valence-electron chi connectivity index (χ2n) is 7.31. The van der Waals surface area contributed by atoms with Crippen LogP contribution in [0.4, 0.5) is 0 Å². The van der Waals surface area contributed by atoms with Gasteiger partial charge < -0.3 is 24.2 Å². The topological polar surface area (TPSA) is 85.3 Å². The first-order valence-electron chi connectivity index (χ1n) is 9.38. The molecule has 1 N–H and O–H groups in total. The van der Waals surface area contributed by atoms with E-state index in [1.54, 1.807) is 19.1 Å². The van der Waals surface area contributed by atoms with Gasteiger partial charge >= 0.3 is 5.97 Å². The maximum atomic E-state index is 12.6. The van der Waals surface area contributed by atoms with E-state index in [0.29, 0.717) is 56.0 Å². The number of para-hydroxylation sites is 1. The Balaban J connectivity index is 1.57. The summed E-state index contributed by atoms with van der Waals surface area (Å²) in [5.74, 6) is 0.892. The molecular weight excluding hydrogens is 350 g/mol. The summed E-state index contributed by atoms with van der Waals surface area (Å²) in [6, 6.07) is 5.48. The lowest BCUT2D eigenvalue weighted by Gasteiger charge is -2.39. The Labute approximate surface area is 159 Å². The zero-order valence-corrected chi connectivity index (χ0v) is 15.9. The van der Waals surface area contributed by atoms with Gasteiger partial charge in [-0.15, -0.1) is 0 Å². The summed E-state index contributed by atoms with van der Waals surface area (Å²) >= 11 is 0. The third kappa shape index (κ3) is 3.96. The van der Waals surface area contributed by atoms with E-state index >= 15 is 0 Å². The minimum absolute atomic E-state index is 0.0450. The van der Waals surface area contributed by atoms with Crippen LogP contribution in [0.2, 0.25) is 0 Å². The SMILES string of the molecule is COc1cccc(OC)c1OC1CCN(C(=O)CC2(C(=O)O)CCC2)CC1.